The number of benzene rings is 2. The van der Waals surface area contributed by atoms with Crippen molar-refractivity contribution in [3.63, 3.8) is 0 Å². The molecule has 1 unspecified atom stereocenters. The number of hydrogen-bond acceptors (Lipinski definition) is 2. The second kappa shape index (κ2) is 10.2. The highest BCUT2D eigenvalue weighted by molar-refractivity contribution is 5.82. The first-order valence-electron chi connectivity index (χ1n) is 10.5. The Labute approximate surface area is 194 Å². The minimum atomic E-state index is -4.97. The van der Waals surface area contributed by atoms with Crippen molar-refractivity contribution < 1.29 is 44.7 Å². The van der Waals surface area contributed by atoms with Gasteiger partial charge >= 0.3 is 12.4 Å². The van der Waals surface area contributed by atoms with Crippen LogP contribution in [0.3, 0.4) is 0 Å². The fourth-order valence-corrected chi connectivity index (χ4v) is 3.87. The lowest BCUT2D eigenvalue weighted by Crippen LogP contribution is -2.37. The monoisotopic (exact) mass is 508 g/mol. The smallest absolute Gasteiger partial charge is 0.356 e. The standard InChI is InChI=1S/C23H20F8N2O2/c24-18-3-1-2-14(21(18)25)12-33-17(4-5-20(33)35)11-19(34)32-7-6-13-8-15(22(26,27)28)10-16(9-13)23(29,30)31/h1-3,8-10,17H,4-7,11-12H2,(H,32,34). The van der Waals surface area contributed by atoms with Crippen molar-refractivity contribution in [1.82, 2.24) is 10.2 Å². The molecule has 12 heteroatoms. The number of alkyl halides is 6. The largest absolute Gasteiger partial charge is 0.416 e. The van der Waals surface area contributed by atoms with E-state index in [1.54, 1.807) is 0 Å². The van der Waals surface area contributed by atoms with Crippen molar-refractivity contribution in [2.24, 2.45) is 0 Å². The molecule has 35 heavy (non-hydrogen) atoms. The van der Waals surface area contributed by atoms with E-state index in [1.165, 1.54) is 17.0 Å². The molecule has 0 saturated carbocycles. The Kier molecular flexibility index (Phi) is 7.71. The average molecular weight is 508 g/mol. The van der Waals surface area contributed by atoms with Gasteiger partial charge in [-0.3, -0.25) is 9.59 Å². The van der Waals surface area contributed by atoms with Gasteiger partial charge in [0, 0.05) is 37.5 Å². The van der Waals surface area contributed by atoms with Crippen LogP contribution >= 0.6 is 0 Å². The lowest BCUT2D eigenvalue weighted by atomic mass is 10.0. The van der Waals surface area contributed by atoms with E-state index >= 15 is 0 Å². The molecule has 1 fully saturated rings. The van der Waals surface area contributed by atoms with Gasteiger partial charge in [-0.15, -0.1) is 0 Å². The van der Waals surface area contributed by atoms with Gasteiger partial charge in [0.15, 0.2) is 11.6 Å². The molecule has 2 aromatic carbocycles. The van der Waals surface area contributed by atoms with E-state index in [1.807, 2.05) is 0 Å². The van der Waals surface area contributed by atoms with Crippen molar-refractivity contribution in [3.05, 3.63) is 70.3 Å². The molecule has 2 amide bonds. The Morgan fingerprint density at radius 1 is 1.00 bits per heavy atom. The number of hydrogen-bond donors (Lipinski definition) is 1. The van der Waals surface area contributed by atoms with Crippen LogP contribution in [0.2, 0.25) is 0 Å². The Bertz CT molecular complexity index is 1070. The van der Waals surface area contributed by atoms with Crippen molar-refractivity contribution >= 4 is 11.8 Å². The maximum Gasteiger partial charge on any atom is 0.416 e. The summed E-state index contributed by atoms with van der Waals surface area (Å²) in [5.74, 6) is -3.12. The maximum absolute atomic E-state index is 14.0. The topological polar surface area (TPSA) is 49.4 Å². The second-order valence-corrected chi connectivity index (χ2v) is 8.15. The Morgan fingerprint density at radius 2 is 1.63 bits per heavy atom. The summed E-state index contributed by atoms with van der Waals surface area (Å²) in [6, 6.07) is 4.11. The van der Waals surface area contributed by atoms with Crippen LogP contribution in [0.1, 0.15) is 41.5 Å². The predicted molar refractivity (Wildman–Crippen MR) is 108 cm³/mol. The molecule has 0 aliphatic carbocycles. The number of likely N-dealkylation sites (tertiary alicyclic amines) is 1. The van der Waals surface area contributed by atoms with Gasteiger partial charge in [0.05, 0.1) is 11.1 Å². The van der Waals surface area contributed by atoms with Crippen LogP contribution in [0.4, 0.5) is 35.1 Å². The molecule has 0 aromatic heterocycles. The Balaban J connectivity index is 1.61. The van der Waals surface area contributed by atoms with E-state index in [-0.39, 0.29) is 61.9 Å². The molecule has 0 radical (unpaired) electrons. The molecule has 0 spiro atoms. The van der Waals surface area contributed by atoms with Crippen LogP contribution < -0.4 is 5.32 Å². The first kappa shape index (κ1) is 26.4. The summed E-state index contributed by atoms with van der Waals surface area (Å²) in [5.41, 5.74) is -3.21. The van der Waals surface area contributed by atoms with E-state index in [0.29, 0.717) is 12.1 Å². The van der Waals surface area contributed by atoms with E-state index in [2.05, 4.69) is 5.32 Å². The minimum Gasteiger partial charge on any atom is -0.356 e. The highest BCUT2D eigenvalue weighted by Crippen LogP contribution is 2.36. The molecule has 1 atom stereocenters. The SMILES string of the molecule is O=C(CC1CCC(=O)N1Cc1cccc(F)c1F)NCCc1cc(C(F)(F)F)cc(C(F)(F)F)c1. The van der Waals surface area contributed by atoms with E-state index < -0.39 is 47.1 Å². The zero-order valence-electron chi connectivity index (χ0n) is 18.1. The molecular formula is C23H20F8N2O2. The first-order chi connectivity index (χ1) is 16.3. The third-order valence-electron chi connectivity index (χ3n) is 5.63. The first-order valence-corrected chi connectivity index (χ1v) is 10.5. The van der Waals surface area contributed by atoms with Gasteiger partial charge in [-0.1, -0.05) is 12.1 Å². The second-order valence-electron chi connectivity index (χ2n) is 8.15. The van der Waals surface area contributed by atoms with Gasteiger partial charge in [-0.05, 0) is 42.7 Å². The zero-order chi connectivity index (χ0) is 26.0. The van der Waals surface area contributed by atoms with Gasteiger partial charge in [0.2, 0.25) is 11.8 Å². The third kappa shape index (κ3) is 6.70. The van der Waals surface area contributed by atoms with Crippen LogP contribution in [-0.2, 0) is 34.9 Å². The summed E-state index contributed by atoms with van der Waals surface area (Å²) < 4.78 is 105. The van der Waals surface area contributed by atoms with Crippen molar-refractivity contribution in [1.29, 1.82) is 0 Å². The van der Waals surface area contributed by atoms with Crippen LogP contribution in [0.25, 0.3) is 0 Å². The summed E-state index contributed by atoms with van der Waals surface area (Å²) in [6.45, 7) is -0.485. The molecule has 4 nitrogen and oxygen atoms in total. The number of amides is 2. The van der Waals surface area contributed by atoms with Crippen LogP contribution in [0, 0.1) is 11.6 Å². The number of carbonyl (C=O) groups excluding carboxylic acids is 2. The highest BCUT2D eigenvalue weighted by atomic mass is 19.4. The van der Waals surface area contributed by atoms with E-state index in [9.17, 15) is 44.7 Å². The lowest BCUT2D eigenvalue weighted by Gasteiger charge is -2.25. The lowest BCUT2D eigenvalue weighted by molar-refractivity contribution is -0.143. The van der Waals surface area contributed by atoms with Crippen molar-refractivity contribution in [3.8, 4) is 0 Å². The summed E-state index contributed by atoms with van der Waals surface area (Å²) in [6.07, 6.45) is -10.1. The maximum atomic E-state index is 14.0. The van der Waals surface area contributed by atoms with Crippen LogP contribution in [-0.4, -0.2) is 29.3 Å². The van der Waals surface area contributed by atoms with Crippen LogP contribution in [0.5, 0.6) is 0 Å². The summed E-state index contributed by atoms with van der Waals surface area (Å²) in [4.78, 5) is 25.8. The summed E-state index contributed by atoms with van der Waals surface area (Å²) in [5, 5.41) is 2.42. The van der Waals surface area contributed by atoms with E-state index in [0.717, 1.165) is 6.07 Å². The molecule has 3 rings (SSSR count). The van der Waals surface area contributed by atoms with Crippen LogP contribution in [0.15, 0.2) is 36.4 Å². The molecule has 190 valence electrons. The number of halogens is 8. The number of nitrogens with one attached hydrogen (secondary N) is 1. The molecule has 1 heterocycles. The Morgan fingerprint density at radius 3 is 2.23 bits per heavy atom. The zero-order valence-corrected chi connectivity index (χ0v) is 18.1. The molecular weight excluding hydrogens is 488 g/mol. The molecule has 1 N–H and O–H groups in total. The molecule has 0 bridgehead atoms. The summed E-state index contributed by atoms with van der Waals surface area (Å²) in [7, 11) is 0. The van der Waals surface area contributed by atoms with Gasteiger partial charge in [-0.2, -0.15) is 26.3 Å². The number of rotatable bonds is 7. The van der Waals surface area contributed by atoms with Crippen molar-refractivity contribution in [2.75, 3.05) is 6.54 Å². The molecule has 1 saturated heterocycles. The number of nitrogens with zero attached hydrogens (tertiary/aromatic N) is 1. The normalized spacial score (nSPS) is 16.6. The summed E-state index contributed by atoms with van der Waals surface area (Å²) >= 11 is 0. The highest BCUT2D eigenvalue weighted by Gasteiger charge is 2.37. The quantitative estimate of drug-likeness (QED) is 0.520. The Hall–Kier alpha value is -3.18. The minimum absolute atomic E-state index is 0.0230. The fraction of sp³-hybridized carbons (Fsp3) is 0.391. The van der Waals surface area contributed by atoms with Gasteiger partial charge in [0.1, 0.15) is 0 Å². The third-order valence-corrected chi connectivity index (χ3v) is 5.63. The van der Waals surface area contributed by atoms with Crippen molar-refractivity contribution in [2.45, 2.75) is 50.6 Å². The molecule has 1 aliphatic rings. The van der Waals surface area contributed by atoms with Gasteiger partial charge in [-0.25, -0.2) is 8.78 Å². The molecule has 1 aliphatic heterocycles. The predicted octanol–water partition coefficient (Wildman–Crippen LogP) is 5.24. The molecule has 2 aromatic rings. The fourth-order valence-electron chi connectivity index (χ4n) is 3.87. The number of carbonyl (C=O) groups is 2. The average Bonchev–Trinajstić information content (AvgIpc) is 3.09. The van der Waals surface area contributed by atoms with Gasteiger partial charge in [0.25, 0.3) is 0 Å². The van der Waals surface area contributed by atoms with Gasteiger partial charge < -0.3 is 10.2 Å². The van der Waals surface area contributed by atoms with E-state index in [4.69, 9.17) is 0 Å².